The summed E-state index contributed by atoms with van der Waals surface area (Å²) >= 11 is 0. The van der Waals surface area contributed by atoms with Gasteiger partial charge in [0.05, 0.1) is 31.0 Å². The molecular weight excluding hydrogens is 448 g/mol. The van der Waals surface area contributed by atoms with Crippen molar-refractivity contribution >= 4 is 33.3 Å². The highest BCUT2D eigenvalue weighted by atomic mass is 32.2. The normalized spacial score (nSPS) is 10.9. The number of carbonyl (C=O) groups is 2. The Balaban J connectivity index is 1.99. The molecule has 9 nitrogen and oxygen atoms in total. The van der Waals surface area contributed by atoms with Crippen LogP contribution in [0.4, 0.5) is 11.4 Å². The van der Waals surface area contributed by atoms with Crippen molar-refractivity contribution in [1.29, 1.82) is 0 Å². The van der Waals surface area contributed by atoms with Gasteiger partial charge in [0, 0.05) is 12.7 Å². The molecule has 1 amide bonds. The average molecular weight is 471 g/mol. The van der Waals surface area contributed by atoms with Crippen LogP contribution in [0.5, 0.6) is 11.5 Å². The Morgan fingerprint density at radius 1 is 0.939 bits per heavy atom. The van der Waals surface area contributed by atoms with Gasteiger partial charge in [0.2, 0.25) is 0 Å². The molecule has 0 atom stereocenters. The Morgan fingerprint density at radius 3 is 2.21 bits per heavy atom. The predicted octanol–water partition coefficient (Wildman–Crippen LogP) is 3.48. The fourth-order valence-electron chi connectivity index (χ4n) is 3.10. The zero-order valence-electron chi connectivity index (χ0n) is 18.1. The van der Waals surface area contributed by atoms with Gasteiger partial charge in [0.15, 0.2) is 0 Å². The molecule has 0 spiro atoms. The summed E-state index contributed by atoms with van der Waals surface area (Å²) in [6.45, 7) is 0. The molecule has 0 radical (unpaired) electrons. The van der Waals surface area contributed by atoms with Gasteiger partial charge in [-0.1, -0.05) is 12.1 Å². The number of anilines is 2. The lowest BCUT2D eigenvalue weighted by Gasteiger charge is -2.23. The van der Waals surface area contributed by atoms with Crippen molar-refractivity contribution in [3.05, 3.63) is 77.9 Å². The van der Waals surface area contributed by atoms with E-state index in [-0.39, 0.29) is 27.5 Å². The number of nitrogens with zero attached hydrogens (tertiary/aromatic N) is 1. The van der Waals surface area contributed by atoms with E-state index in [2.05, 4.69) is 5.32 Å². The first-order chi connectivity index (χ1) is 15.7. The lowest BCUT2D eigenvalue weighted by molar-refractivity contribution is 0.0696. The smallest absolute Gasteiger partial charge is 0.335 e. The number of benzene rings is 3. The van der Waals surface area contributed by atoms with E-state index in [9.17, 15) is 23.1 Å². The Labute approximate surface area is 191 Å². The number of rotatable bonds is 8. The number of methoxy groups -OCH3 is 2. The topological polar surface area (TPSA) is 122 Å². The standard InChI is InChI=1S/C23H22N2O7S/c1-25(33(29,30)21-14-15(23(27)28)8-13-20(21)32-3)19-7-5-4-6-18(19)22(26)24-16-9-11-17(31-2)12-10-16/h4-14H,1-3H3,(H,24,26)(H,27,28). The molecule has 2 N–H and O–H groups in total. The average Bonchev–Trinajstić information content (AvgIpc) is 2.83. The van der Waals surface area contributed by atoms with E-state index in [0.717, 1.165) is 10.4 Å². The highest BCUT2D eigenvalue weighted by molar-refractivity contribution is 7.93. The summed E-state index contributed by atoms with van der Waals surface area (Å²) in [5.74, 6) is -1.20. The van der Waals surface area contributed by atoms with Crippen molar-refractivity contribution in [3.8, 4) is 11.5 Å². The van der Waals surface area contributed by atoms with Crippen LogP contribution in [0.1, 0.15) is 20.7 Å². The lowest BCUT2D eigenvalue weighted by atomic mass is 10.1. The lowest BCUT2D eigenvalue weighted by Crippen LogP contribution is -2.29. The number of carboxylic acids is 1. The molecule has 0 aliphatic carbocycles. The van der Waals surface area contributed by atoms with E-state index < -0.39 is 21.9 Å². The molecule has 0 heterocycles. The second-order valence-electron chi connectivity index (χ2n) is 6.84. The van der Waals surface area contributed by atoms with Gasteiger partial charge < -0.3 is 19.9 Å². The van der Waals surface area contributed by atoms with Gasteiger partial charge in [-0.2, -0.15) is 0 Å². The molecule has 0 aromatic heterocycles. The molecule has 172 valence electrons. The number of ether oxygens (including phenoxy) is 2. The van der Waals surface area contributed by atoms with E-state index in [1.54, 1.807) is 36.4 Å². The highest BCUT2D eigenvalue weighted by Gasteiger charge is 2.29. The number of hydrogen-bond acceptors (Lipinski definition) is 6. The molecule has 0 aliphatic rings. The fourth-order valence-corrected chi connectivity index (χ4v) is 4.50. The summed E-state index contributed by atoms with van der Waals surface area (Å²) in [5.41, 5.74) is 0.490. The largest absolute Gasteiger partial charge is 0.497 e. The van der Waals surface area contributed by atoms with Crippen LogP contribution >= 0.6 is 0 Å². The number of nitrogens with one attached hydrogen (secondary N) is 1. The third-order valence-corrected chi connectivity index (χ3v) is 6.68. The van der Waals surface area contributed by atoms with Gasteiger partial charge >= 0.3 is 5.97 Å². The van der Waals surface area contributed by atoms with E-state index in [0.29, 0.717) is 11.4 Å². The van der Waals surface area contributed by atoms with Crippen molar-refractivity contribution < 1.29 is 32.6 Å². The Bertz CT molecular complexity index is 1290. The quantitative estimate of drug-likeness (QED) is 0.517. The minimum absolute atomic E-state index is 0.0213. The summed E-state index contributed by atoms with van der Waals surface area (Å²) in [4.78, 5) is 24.0. The summed E-state index contributed by atoms with van der Waals surface area (Å²) in [6.07, 6.45) is 0. The third kappa shape index (κ3) is 4.90. The van der Waals surface area contributed by atoms with Gasteiger partial charge in [-0.3, -0.25) is 9.10 Å². The predicted molar refractivity (Wildman–Crippen MR) is 123 cm³/mol. The number of carboxylic acid groups (broad SMARTS) is 1. The molecule has 3 aromatic rings. The number of amides is 1. The van der Waals surface area contributed by atoms with Crippen molar-refractivity contribution in [3.63, 3.8) is 0 Å². The molecule has 0 aliphatic heterocycles. The van der Waals surface area contributed by atoms with Crippen LogP contribution in [0.25, 0.3) is 0 Å². The molecule has 0 bridgehead atoms. The summed E-state index contributed by atoms with van der Waals surface area (Å²) < 4.78 is 38.0. The molecule has 0 saturated carbocycles. The molecule has 3 aromatic carbocycles. The summed E-state index contributed by atoms with van der Waals surface area (Å²) in [7, 11) is -0.189. The number of aromatic carboxylic acids is 1. The first-order valence-electron chi connectivity index (χ1n) is 9.63. The van der Waals surface area contributed by atoms with Gasteiger partial charge in [-0.05, 0) is 54.6 Å². The maximum Gasteiger partial charge on any atom is 0.335 e. The van der Waals surface area contributed by atoms with Crippen LogP contribution in [0.15, 0.2) is 71.6 Å². The number of hydrogen-bond donors (Lipinski definition) is 2. The van der Waals surface area contributed by atoms with Gasteiger partial charge in [-0.25, -0.2) is 13.2 Å². The number of para-hydroxylation sites is 1. The van der Waals surface area contributed by atoms with Crippen LogP contribution in [-0.2, 0) is 10.0 Å². The van der Waals surface area contributed by atoms with Crippen LogP contribution in [0, 0.1) is 0 Å². The molecule has 10 heteroatoms. The van der Waals surface area contributed by atoms with Crippen molar-refractivity contribution in [2.75, 3.05) is 30.9 Å². The third-order valence-electron chi connectivity index (χ3n) is 4.88. The molecule has 0 unspecified atom stereocenters. The van der Waals surface area contributed by atoms with Crippen LogP contribution in [-0.4, -0.2) is 46.7 Å². The maximum absolute atomic E-state index is 13.4. The number of sulfonamides is 1. The fraction of sp³-hybridized carbons (Fsp3) is 0.130. The molecular formula is C23H22N2O7S. The molecule has 3 rings (SSSR count). The van der Waals surface area contributed by atoms with Crippen molar-refractivity contribution in [2.24, 2.45) is 0 Å². The Kier molecular flexibility index (Phi) is 6.88. The van der Waals surface area contributed by atoms with Gasteiger partial charge in [-0.15, -0.1) is 0 Å². The van der Waals surface area contributed by atoms with Gasteiger partial charge in [0.25, 0.3) is 15.9 Å². The van der Waals surface area contributed by atoms with Gasteiger partial charge in [0.1, 0.15) is 16.4 Å². The summed E-state index contributed by atoms with van der Waals surface area (Å²) in [5, 5.41) is 12.0. The van der Waals surface area contributed by atoms with Crippen LogP contribution < -0.4 is 19.1 Å². The van der Waals surface area contributed by atoms with E-state index in [4.69, 9.17) is 9.47 Å². The molecule has 0 fully saturated rings. The first-order valence-corrected chi connectivity index (χ1v) is 11.1. The zero-order valence-corrected chi connectivity index (χ0v) is 18.9. The minimum Gasteiger partial charge on any atom is -0.497 e. The second kappa shape index (κ2) is 9.61. The van der Waals surface area contributed by atoms with Crippen LogP contribution in [0.3, 0.4) is 0 Å². The van der Waals surface area contributed by atoms with E-state index in [1.807, 2.05) is 0 Å². The monoisotopic (exact) mass is 470 g/mol. The molecule has 33 heavy (non-hydrogen) atoms. The summed E-state index contributed by atoms with van der Waals surface area (Å²) in [6, 6.07) is 16.4. The maximum atomic E-state index is 13.4. The Morgan fingerprint density at radius 2 is 1.61 bits per heavy atom. The SMILES string of the molecule is COc1ccc(NC(=O)c2ccccc2N(C)S(=O)(=O)c2cc(C(=O)O)ccc2OC)cc1. The zero-order chi connectivity index (χ0) is 24.2. The van der Waals surface area contributed by atoms with Crippen LogP contribution in [0.2, 0.25) is 0 Å². The second-order valence-corrected chi connectivity index (χ2v) is 8.78. The minimum atomic E-state index is -4.28. The number of carbonyl (C=O) groups excluding carboxylic acids is 1. The van der Waals surface area contributed by atoms with Crippen molar-refractivity contribution in [1.82, 2.24) is 0 Å². The molecule has 0 saturated heterocycles. The highest BCUT2D eigenvalue weighted by Crippen LogP contribution is 2.32. The van der Waals surface area contributed by atoms with Crippen molar-refractivity contribution in [2.45, 2.75) is 4.90 Å². The van der Waals surface area contributed by atoms with E-state index in [1.165, 1.54) is 45.5 Å². The Hall–Kier alpha value is -4.05. The van der Waals surface area contributed by atoms with E-state index >= 15 is 0 Å². The first kappa shape index (κ1) is 23.6.